The average Bonchev–Trinajstić information content (AvgIpc) is 3.66. The summed E-state index contributed by atoms with van der Waals surface area (Å²) < 4.78 is 35.0. The molecule has 2 saturated heterocycles. The average molecular weight is 568 g/mol. The van der Waals surface area contributed by atoms with Crippen molar-refractivity contribution >= 4 is 23.6 Å². The second-order valence-electron chi connectivity index (χ2n) is 10.7. The molecule has 1 aromatic heterocycles. The molecule has 1 N–H and O–H groups in total. The van der Waals surface area contributed by atoms with Crippen molar-refractivity contribution in [2.75, 3.05) is 26.3 Å². The number of carboxylic acids is 1. The summed E-state index contributed by atoms with van der Waals surface area (Å²) in [6, 6.07) is 10.5. The fraction of sp³-hybridized carbons (Fsp3) is 0.400. The third kappa shape index (κ3) is 5.21. The van der Waals surface area contributed by atoms with E-state index in [4.69, 9.17) is 30.9 Å². The van der Waals surface area contributed by atoms with Crippen molar-refractivity contribution in [2.45, 2.75) is 50.5 Å². The monoisotopic (exact) mass is 567 g/mol. The van der Waals surface area contributed by atoms with Crippen molar-refractivity contribution in [1.82, 2.24) is 14.5 Å². The Morgan fingerprint density at radius 2 is 2.05 bits per heavy atom. The van der Waals surface area contributed by atoms with E-state index in [-0.39, 0.29) is 12.0 Å². The Labute approximate surface area is 236 Å². The van der Waals surface area contributed by atoms with Gasteiger partial charge in [0, 0.05) is 30.2 Å². The standard InChI is InChI=1S/C30H31ClFN3O5/c1-30(24-7-5-20(31)15-25(24)32)39-26-4-2-3-23(29(26)40-30)19-9-12-34(13-10-19)17-27-33-16-21(6-8-28(36)37)35(27)22-11-14-38-18-22/h2-8,15-16,19,22H,9-14,17-18H2,1H3,(H,36,37)/b8-6+. The smallest absolute Gasteiger partial charge is 0.328 e. The van der Waals surface area contributed by atoms with Crippen LogP contribution in [-0.4, -0.2) is 51.8 Å². The number of carboxylic acid groups (broad SMARTS) is 1. The van der Waals surface area contributed by atoms with Crippen molar-refractivity contribution < 1.29 is 28.5 Å². The highest BCUT2D eigenvalue weighted by Crippen LogP contribution is 2.49. The molecule has 3 aliphatic heterocycles. The summed E-state index contributed by atoms with van der Waals surface area (Å²) >= 11 is 5.96. The Balaban J connectivity index is 1.16. The zero-order valence-electron chi connectivity index (χ0n) is 22.2. The van der Waals surface area contributed by atoms with Crippen molar-refractivity contribution in [3.05, 3.63) is 82.2 Å². The maximum Gasteiger partial charge on any atom is 0.328 e. The molecule has 40 heavy (non-hydrogen) atoms. The van der Waals surface area contributed by atoms with Crippen molar-refractivity contribution in [2.24, 2.45) is 0 Å². The summed E-state index contributed by atoms with van der Waals surface area (Å²) in [4.78, 5) is 18.1. The van der Waals surface area contributed by atoms with E-state index in [1.807, 2.05) is 12.1 Å². The molecule has 2 aromatic carbocycles. The summed E-state index contributed by atoms with van der Waals surface area (Å²) in [6.45, 7) is 5.42. The van der Waals surface area contributed by atoms with Crippen molar-refractivity contribution in [3.63, 3.8) is 0 Å². The first-order valence-corrected chi connectivity index (χ1v) is 13.9. The van der Waals surface area contributed by atoms with E-state index in [1.165, 1.54) is 6.07 Å². The lowest BCUT2D eigenvalue weighted by Crippen LogP contribution is -2.34. The topological polar surface area (TPSA) is 86.1 Å². The van der Waals surface area contributed by atoms with E-state index in [0.717, 1.165) is 55.5 Å². The van der Waals surface area contributed by atoms with E-state index in [0.29, 0.717) is 41.8 Å². The number of ether oxygens (including phenoxy) is 3. The Hall–Kier alpha value is -3.40. The van der Waals surface area contributed by atoms with Gasteiger partial charge in [0.2, 0.25) is 0 Å². The molecule has 2 atom stereocenters. The molecule has 3 aromatic rings. The number of imidazole rings is 1. The van der Waals surface area contributed by atoms with Gasteiger partial charge in [0.25, 0.3) is 5.79 Å². The maximum atomic E-state index is 14.8. The number of hydrogen-bond donors (Lipinski definition) is 1. The van der Waals surface area contributed by atoms with Crippen LogP contribution in [0.2, 0.25) is 5.02 Å². The van der Waals surface area contributed by atoms with Crippen LogP contribution in [0, 0.1) is 5.82 Å². The normalized spacial score (nSPS) is 23.3. The molecular weight excluding hydrogens is 537 g/mol. The zero-order chi connectivity index (χ0) is 27.9. The van der Waals surface area contributed by atoms with E-state index >= 15 is 0 Å². The van der Waals surface area contributed by atoms with Crippen LogP contribution in [0.3, 0.4) is 0 Å². The second-order valence-corrected chi connectivity index (χ2v) is 11.1. The van der Waals surface area contributed by atoms with Gasteiger partial charge in [-0.3, -0.25) is 4.90 Å². The molecule has 0 radical (unpaired) electrons. The Kier molecular flexibility index (Phi) is 7.29. The number of para-hydroxylation sites is 1. The highest BCUT2D eigenvalue weighted by molar-refractivity contribution is 6.30. The van der Waals surface area contributed by atoms with Gasteiger partial charge >= 0.3 is 5.97 Å². The molecule has 2 fully saturated rings. The first-order valence-electron chi connectivity index (χ1n) is 13.5. The number of halogens is 2. The van der Waals surface area contributed by atoms with Gasteiger partial charge < -0.3 is 23.9 Å². The lowest BCUT2D eigenvalue weighted by atomic mass is 9.88. The van der Waals surface area contributed by atoms with Crippen LogP contribution in [0.5, 0.6) is 11.5 Å². The quantitative estimate of drug-likeness (QED) is 0.363. The Morgan fingerprint density at radius 3 is 2.77 bits per heavy atom. The van der Waals surface area contributed by atoms with Gasteiger partial charge in [-0.05, 0) is 68.6 Å². The fourth-order valence-electron chi connectivity index (χ4n) is 6.00. The molecule has 0 spiro atoms. The molecule has 0 amide bonds. The van der Waals surface area contributed by atoms with Gasteiger partial charge in [-0.1, -0.05) is 23.7 Å². The van der Waals surface area contributed by atoms with Crippen molar-refractivity contribution in [3.8, 4) is 11.5 Å². The van der Waals surface area contributed by atoms with Crippen LogP contribution in [0.25, 0.3) is 6.08 Å². The predicted octanol–water partition coefficient (Wildman–Crippen LogP) is 5.76. The minimum Gasteiger partial charge on any atom is -0.478 e. The highest BCUT2D eigenvalue weighted by Gasteiger charge is 2.43. The first-order chi connectivity index (χ1) is 19.3. The van der Waals surface area contributed by atoms with Gasteiger partial charge in [-0.15, -0.1) is 0 Å². The summed E-state index contributed by atoms with van der Waals surface area (Å²) in [5.74, 6) is -0.270. The summed E-state index contributed by atoms with van der Waals surface area (Å²) in [5, 5.41) is 9.42. The Morgan fingerprint density at radius 1 is 1.23 bits per heavy atom. The number of likely N-dealkylation sites (tertiary alicyclic amines) is 1. The molecule has 2 unspecified atom stereocenters. The zero-order valence-corrected chi connectivity index (χ0v) is 22.9. The first kappa shape index (κ1) is 26.8. The van der Waals surface area contributed by atoms with E-state index in [1.54, 1.807) is 31.3 Å². The molecule has 0 bridgehead atoms. The number of rotatable bonds is 7. The molecule has 0 aliphatic carbocycles. The minimum atomic E-state index is -1.28. The van der Waals surface area contributed by atoms with Crippen LogP contribution in [0.1, 0.15) is 60.8 Å². The summed E-state index contributed by atoms with van der Waals surface area (Å²) in [7, 11) is 0. The number of aliphatic carboxylic acids is 1. The van der Waals surface area contributed by atoms with E-state index in [2.05, 4.69) is 20.5 Å². The number of benzene rings is 2. The van der Waals surface area contributed by atoms with Crippen molar-refractivity contribution in [1.29, 1.82) is 0 Å². The minimum absolute atomic E-state index is 0.146. The SMILES string of the molecule is CC1(c2ccc(Cl)cc2F)Oc2cccc(C3CCN(Cc4ncc(/C=C/C(=O)O)n4C4CCOC4)CC3)c2O1. The molecule has 210 valence electrons. The highest BCUT2D eigenvalue weighted by atomic mass is 35.5. The van der Waals surface area contributed by atoms with Crippen LogP contribution in [-0.2, 0) is 21.9 Å². The maximum absolute atomic E-state index is 14.8. The van der Waals surface area contributed by atoms with Gasteiger partial charge in [-0.25, -0.2) is 14.2 Å². The lowest BCUT2D eigenvalue weighted by Gasteiger charge is -2.33. The second kappa shape index (κ2) is 10.9. The summed E-state index contributed by atoms with van der Waals surface area (Å²) in [5.41, 5.74) is 2.15. The molecule has 3 aliphatic rings. The fourth-order valence-corrected chi connectivity index (χ4v) is 6.16. The molecular formula is C30H31ClFN3O5. The number of carbonyl (C=O) groups is 1. The van der Waals surface area contributed by atoms with Gasteiger partial charge in [0.05, 0.1) is 36.6 Å². The van der Waals surface area contributed by atoms with Gasteiger partial charge in [-0.2, -0.15) is 0 Å². The van der Waals surface area contributed by atoms with E-state index in [9.17, 15) is 9.18 Å². The van der Waals surface area contributed by atoms with Crippen LogP contribution in [0.15, 0.2) is 48.7 Å². The van der Waals surface area contributed by atoms with E-state index < -0.39 is 17.6 Å². The van der Waals surface area contributed by atoms with Gasteiger partial charge in [0.15, 0.2) is 11.5 Å². The van der Waals surface area contributed by atoms with Crippen LogP contribution in [0.4, 0.5) is 4.39 Å². The molecule has 4 heterocycles. The number of piperidine rings is 1. The summed E-state index contributed by atoms with van der Waals surface area (Å²) in [6.07, 6.45) is 7.21. The molecule has 10 heteroatoms. The lowest BCUT2D eigenvalue weighted by molar-refractivity contribution is -0.131. The molecule has 0 saturated carbocycles. The number of fused-ring (bicyclic) bond motifs is 1. The molecule has 6 rings (SSSR count). The number of nitrogens with zero attached hydrogens (tertiary/aromatic N) is 3. The third-order valence-electron chi connectivity index (χ3n) is 7.99. The Bertz CT molecular complexity index is 1450. The number of hydrogen-bond acceptors (Lipinski definition) is 6. The van der Waals surface area contributed by atoms with Crippen LogP contribution < -0.4 is 9.47 Å². The predicted molar refractivity (Wildman–Crippen MR) is 147 cm³/mol. The number of aromatic nitrogens is 2. The van der Waals surface area contributed by atoms with Gasteiger partial charge in [0.1, 0.15) is 11.6 Å². The largest absolute Gasteiger partial charge is 0.478 e. The third-order valence-corrected chi connectivity index (χ3v) is 8.23. The van der Waals surface area contributed by atoms with Crippen LogP contribution >= 0.6 is 11.6 Å². The molecule has 8 nitrogen and oxygen atoms in total.